The van der Waals surface area contributed by atoms with E-state index < -0.39 is 17.4 Å². The minimum Gasteiger partial charge on any atom is -0.508 e. The molecule has 1 aliphatic carbocycles. The van der Waals surface area contributed by atoms with Crippen LogP contribution >= 0.6 is 0 Å². The molecule has 4 atom stereocenters. The molecule has 0 saturated carbocycles. The fourth-order valence-electron chi connectivity index (χ4n) is 5.57. The fraction of sp³-hybridized carbons (Fsp3) is 0.360. The van der Waals surface area contributed by atoms with Crippen LogP contribution in [0.15, 0.2) is 54.6 Å². The normalized spacial score (nSPS) is 28.4. The van der Waals surface area contributed by atoms with Gasteiger partial charge in [0.05, 0.1) is 24.1 Å². The number of rotatable bonds is 3. The molecule has 31 heavy (non-hydrogen) atoms. The number of hydrogen-bond donors (Lipinski definition) is 1. The van der Waals surface area contributed by atoms with Crippen LogP contribution in [0.1, 0.15) is 19.4 Å². The van der Waals surface area contributed by atoms with Crippen molar-refractivity contribution in [1.29, 1.82) is 0 Å². The van der Waals surface area contributed by atoms with E-state index in [1.54, 1.807) is 31.4 Å². The van der Waals surface area contributed by atoms with Gasteiger partial charge in [-0.2, -0.15) is 0 Å². The number of carbonyl (C=O) groups excluding carboxylic acids is 2. The van der Waals surface area contributed by atoms with Crippen LogP contribution in [-0.4, -0.2) is 36.2 Å². The molecule has 0 radical (unpaired) electrons. The Labute approximate surface area is 181 Å². The van der Waals surface area contributed by atoms with Crippen molar-refractivity contribution < 1.29 is 24.2 Å². The molecule has 0 aromatic heterocycles. The molecule has 2 aromatic carbocycles. The first kappa shape index (κ1) is 19.8. The Morgan fingerprint density at radius 2 is 1.77 bits per heavy atom. The van der Waals surface area contributed by atoms with E-state index in [0.29, 0.717) is 18.0 Å². The summed E-state index contributed by atoms with van der Waals surface area (Å²) in [5.41, 5.74) is 1.67. The second-order valence-corrected chi connectivity index (χ2v) is 9.00. The van der Waals surface area contributed by atoms with Gasteiger partial charge in [-0.3, -0.25) is 14.5 Å². The van der Waals surface area contributed by atoms with E-state index >= 15 is 0 Å². The zero-order valence-electron chi connectivity index (χ0n) is 17.7. The second kappa shape index (κ2) is 6.95. The van der Waals surface area contributed by atoms with E-state index in [0.717, 1.165) is 11.1 Å². The molecule has 1 N–H and O–H groups in total. The van der Waals surface area contributed by atoms with E-state index in [4.69, 9.17) is 9.47 Å². The van der Waals surface area contributed by atoms with Gasteiger partial charge < -0.3 is 14.6 Å². The number of aromatic hydroxyl groups is 1. The van der Waals surface area contributed by atoms with Crippen LogP contribution in [0.5, 0.6) is 11.5 Å². The maximum Gasteiger partial charge on any atom is 0.238 e. The molecule has 3 aliphatic rings. The summed E-state index contributed by atoms with van der Waals surface area (Å²) in [4.78, 5) is 28.6. The Kier molecular flexibility index (Phi) is 4.45. The molecule has 0 spiro atoms. The Balaban J connectivity index is 1.68. The number of phenols is 1. The number of amides is 2. The van der Waals surface area contributed by atoms with E-state index in [2.05, 4.69) is 6.08 Å². The van der Waals surface area contributed by atoms with Crippen LogP contribution < -0.4 is 9.64 Å². The van der Waals surface area contributed by atoms with Gasteiger partial charge in [0, 0.05) is 30.6 Å². The number of phenolic OH excluding ortho intramolecular Hbond substituents is 1. The molecule has 2 heterocycles. The Hall–Kier alpha value is -3.12. The van der Waals surface area contributed by atoms with Crippen molar-refractivity contribution in [1.82, 2.24) is 0 Å². The minimum absolute atomic E-state index is 0.123. The maximum absolute atomic E-state index is 13.8. The number of fused-ring (bicyclic) bond motifs is 5. The van der Waals surface area contributed by atoms with Gasteiger partial charge in [0.1, 0.15) is 17.1 Å². The number of benzene rings is 2. The molecule has 1 fully saturated rings. The number of nitrogens with zero attached hydrogens (tertiary/aromatic N) is 1. The van der Waals surface area contributed by atoms with Gasteiger partial charge in [-0.15, -0.1) is 0 Å². The van der Waals surface area contributed by atoms with Crippen molar-refractivity contribution >= 4 is 23.1 Å². The van der Waals surface area contributed by atoms with Gasteiger partial charge >= 0.3 is 0 Å². The van der Waals surface area contributed by atoms with E-state index in [1.165, 1.54) is 4.90 Å². The number of carbonyl (C=O) groups is 2. The lowest BCUT2D eigenvalue weighted by Gasteiger charge is -2.48. The lowest BCUT2D eigenvalue weighted by Crippen LogP contribution is -2.51. The van der Waals surface area contributed by atoms with Gasteiger partial charge in [-0.25, -0.2) is 0 Å². The summed E-state index contributed by atoms with van der Waals surface area (Å²) in [6, 6.07) is 14.1. The SMILES string of the molecule is COC[C@H]1C=C2c3ccc(O)cc3OC(C)(C)[C@H]2[C@H]2C(=O)N(c3ccccc3)C(=O)[C@H]21. The average molecular weight is 419 g/mol. The zero-order valence-corrected chi connectivity index (χ0v) is 17.7. The van der Waals surface area contributed by atoms with Gasteiger partial charge in [0.25, 0.3) is 0 Å². The third-order valence-electron chi connectivity index (χ3n) is 6.72. The summed E-state index contributed by atoms with van der Waals surface area (Å²) in [6.07, 6.45) is 2.08. The highest BCUT2D eigenvalue weighted by molar-refractivity contribution is 6.23. The lowest BCUT2D eigenvalue weighted by atomic mass is 9.61. The van der Waals surface area contributed by atoms with Crippen molar-refractivity contribution in [2.24, 2.45) is 23.7 Å². The monoisotopic (exact) mass is 419 g/mol. The second-order valence-electron chi connectivity index (χ2n) is 9.00. The standard InChI is InChI=1S/C25H25NO5/c1-25(2)22-18(17-10-9-16(27)12-19(17)31-25)11-14(13-30-3)20-21(22)24(29)26(23(20)28)15-7-5-4-6-8-15/h4-12,14,20-22,27H,13H2,1-3H3/t14-,20+,21+,22-/m1/s1. The van der Waals surface area contributed by atoms with E-state index in [1.807, 2.05) is 38.1 Å². The van der Waals surface area contributed by atoms with Crippen LogP contribution in [-0.2, 0) is 14.3 Å². The highest BCUT2D eigenvalue weighted by atomic mass is 16.5. The molecule has 2 aliphatic heterocycles. The first-order chi connectivity index (χ1) is 14.8. The number of ether oxygens (including phenoxy) is 2. The number of hydrogen-bond acceptors (Lipinski definition) is 5. The Bertz CT molecular complexity index is 1090. The zero-order chi connectivity index (χ0) is 21.9. The summed E-state index contributed by atoms with van der Waals surface area (Å²) < 4.78 is 11.7. The molecule has 0 bridgehead atoms. The quantitative estimate of drug-likeness (QED) is 0.769. The topological polar surface area (TPSA) is 76.1 Å². The van der Waals surface area contributed by atoms with Crippen LogP contribution in [0, 0.1) is 23.7 Å². The van der Waals surface area contributed by atoms with Crippen molar-refractivity contribution in [3.05, 3.63) is 60.2 Å². The van der Waals surface area contributed by atoms with Gasteiger partial charge in [0.15, 0.2) is 0 Å². The van der Waals surface area contributed by atoms with Gasteiger partial charge in [-0.1, -0.05) is 24.3 Å². The van der Waals surface area contributed by atoms with Crippen molar-refractivity contribution in [3.63, 3.8) is 0 Å². The third kappa shape index (κ3) is 2.89. The highest BCUT2D eigenvalue weighted by Gasteiger charge is 2.61. The summed E-state index contributed by atoms with van der Waals surface area (Å²) in [5.74, 6) is -1.28. The summed E-state index contributed by atoms with van der Waals surface area (Å²) in [7, 11) is 1.61. The fourth-order valence-corrected chi connectivity index (χ4v) is 5.57. The Morgan fingerprint density at radius 1 is 1.06 bits per heavy atom. The van der Waals surface area contributed by atoms with Crippen LogP contribution in [0.3, 0.4) is 0 Å². The number of para-hydroxylation sites is 1. The molecular formula is C25H25NO5. The number of anilines is 1. The number of imide groups is 1. The predicted octanol–water partition coefficient (Wildman–Crippen LogP) is 3.64. The summed E-state index contributed by atoms with van der Waals surface area (Å²) >= 11 is 0. The highest BCUT2D eigenvalue weighted by Crippen LogP contribution is 2.56. The summed E-state index contributed by atoms with van der Waals surface area (Å²) in [6.45, 7) is 4.22. The predicted molar refractivity (Wildman–Crippen MR) is 116 cm³/mol. The molecule has 2 amide bonds. The first-order valence-electron chi connectivity index (χ1n) is 10.5. The first-order valence-corrected chi connectivity index (χ1v) is 10.5. The van der Waals surface area contributed by atoms with Crippen LogP contribution in [0.25, 0.3) is 5.57 Å². The summed E-state index contributed by atoms with van der Waals surface area (Å²) in [5, 5.41) is 9.95. The molecule has 5 rings (SSSR count). The smallest absolute Gasteiger partial charge is 0.238 e. The van der Waals surface area contributed by atoms with E-state index in [-0.39, 0.29) is 29.4 Å². The van der Waals surface area contributed by atoms with Crippen molar-refractivity contribution in [2.75, 3.05) is 18.6 Å². The van der Waals surface area contributed by atoms with Gasteiger partial charge in [-0.05, 0) is 43.7 Å². The molecule has 1 saturated heterocycles. The third-order valence-corrected chi connectivity index (χ3v) is 6.72. The molecule has 2 aromatic rings. The van der Waals surface area contributed by atoms with Crippen LogP contribution in [0.2, 0.25) is 0 Å². The molecule has 6 nitrogen and oxygen atoms in total. The van der Waals surface area contributed by atoms with Crippen molar-refractivity contribution in [2.45, 2.75) is 19.4 Å². The maximum atomic E-state index is 13.8. The number of methoxy groups -OCH3 is 1. The van der Waals surface area contributed by atoms with Crippen molar-refractivity contribution in [3.8, 4) is 11.5 Å². The average Bonchev–Trinajstić information content (AvgIpc) is 2.98. The minimum atomic E-state index is -0.740. The molecule has 160 valence electrons. The Morgan fingerprint density at radius 3 is 2.48 bits per heavy atom. The molecule has 0 unspecified atom stereocenters. The largest absolute Gasteiger partial charge is 0.508 e. The van der Waals surface area contributed by atoms with E-state index in [9.17, 15) is 14.7 Å². The van der Waals surface area contributed by atoms with Gasteiger partial charge in [0.2, 0.25) is 11.8 Å². The molecule has 6 heteroatoms. The molecular weight excluding hydrogens is 394 g/mol. The van der Waals surface area contributed by atoms with Crippen LogP contribution in [0.4, 0.5) is 5.69 Å². The lowest BCUT2D eigenvalue weighted by molar-refractivity contribution is -0.126.